The highest BCUT2D eigenvalue weighted by atomic mass is 32.2. The highest BCUT2D eigenvalue weighted by Gasteiger charge is 2.22. The smallest absolute Gasteiger partial charge is 0.262 e. The first-order valence-corrected chi connectivity index (χ1v) is 12.2. The molecule has 0 aliphatic carbocycles. The lowest BCUT2D eigenvalue weighted by Crippen LogP contribution is -2.40. The van der Waals surface area contributed by atoms with Crippen molar-refractivity contribution in [1.29, 1.82) is 0 Å². The fourth-order valence-electron chi connectivity index (χ4n) is 3.76. The molecule has 1 aromatic carbocycles. The van der Waals surface area contributed by atoms with Crippen LogP contribution in [-0.4, -0.2) is 63.4 Å². The molecule has 1 atom stereocenters. The van der Waals surface area contributed by atoms with Crippen LogP contribution < -0.4 is 10.9 Å². The highest BCUT2D eigenvalue weighted by molar-refractivity contribution is 8.00. The van der Waals surface area contributed by atoms with Crippen molar-refractivity contribution in [2.75, 3.05) is 32.8 Å². The number of thioether (sulfide) groups is 1. The Balaban J connectivity index is 1.54. The average molecular weight is 468 g/mol. The van der Waals surface area contributed by atoms with Crippen molar-refractivity contribution >= 4 is 28.6 Å². The molecular formula is C24H29N5O3S. The van der Waals surface area contributed by atoms with Gasteiger partial charge < -0.3 is 10.1 Å². The van der Waals surface area contributed by atoms with Crippen LogP contribution in [0.15, 0.2) is 58.7 Å². The van der Waals surface area contributed by atoms with Crippen molar-refractivity contribution < 1.29 is 9.53 Å². The first-order valence-electron chi connectivity index (χ1n) is 11.3. The summed E-state index contributed by atoms with van der Waals surface area (Å²) in [5.41, 5.74) is 1.53. The number of para-hydroxylation sites is 1. The maximum atomic E-state index is 13.3. The maximum absolute atomic E-state index is 13.3. The van der Waals surface area contributed by atoms with E-state index in [1.54, 1.807) is 17.0 Å². The number of rotatable bonds is 9. The number of aromatic nitrogens is 3. The second-order valence-corrected chi connectivity index (χ2v) is 9.09. The number of hydrogen-bond acceptors (Lipinski definition) is 7. The third kappa shape index (κ3) is 5.98. The lowest BCUT2D eigenvalue weighted by atomic mass is 10.2. The lowest BCUT2D eigenvalue weighted by Gasteiger charge is -2.27. The number of carbonyl (C=O) groups excluding carboxylic acids is 1. The Morgan fingerprint density at radius 1 is 1.18 bits per heavy atom. The molecule has 0 spiro atoms. The van der Waals surface area contributed by atoms with E-state index in [2.05, 4.69) is 15.2 Å². The minimum absolute atomic E-state index is 0.0676. The number of pyridine rings is 1. The predicted molar refractivity (Wildman–Crippen MR) is 129 cm³/mol. The molecule has 1 N–H and O–H groups in total. The monoisotopic (exact) mass is 467 g/mol. The van der Waals surface area contributed by atoms with Gasteiger partial charge in [-0.15, -0.1) is 0 Å². The van der Waals surface area contributed by atoms with Crippen molar-refractivity contribution in [2.45, 2.75) is 36.8 Å². The standard InChI is InChI=1S/C24H29N5O3S/c1-2-21(22(30)26-17-18-6-5-9-25-16-18)33-24-27-20-8-4-3-7-19(20)23(31)29(24)11-10-28-12-14-32-15-13-28/h3-9,16,21H,2,10-15,17H2,1H3,(H,26,30)/t21-/m0/s1. The normalized spacial score (nSPS) is 15.4. The summed E-state index contributed by atoms with van der Waals surface area (Å²) in [5, 5.41) is 3.81. The van der Waals surface area contributed by atoms with E-state index in [0.29, 0.717) is 48.8 Å². The van der Waals surface area contributed by atoms with Crippen LogP contribution >= 0.6 is 11.8 Å². The predicted octanol–water partition coefficient (Wildman–Crippen LogP) is 2.31. The molecule has 0 radical (unpaired) electrons. The summed E-state index contributed by atoms with van der Waals surface area (Å²) >= 11 is 1.36. The molecule has 0 saturated carbocycles. The molecule has 1 amide bonds. The summed E-state index contributed by atoms with van der Waals surface area (Å²) in [6, 6.07) is 11.2. The quantitative estimate of drug-likeness (QED) is 0.382. The van der Waals surface area contributed by atoms with Gasteiger partial charge in [-0.25, -0.2) is 4.98 Å². The van der Waals surface area contributed by atoms with Crippen molar-refractivity contribution in [3.8, 4) is 0 Å². The molecule has 1 saturated heterocycles. The molecule has 2 aromatic heterocycles. The van der Waals surface area contributed by atoms with Gasteiger partial charge in [0.05, 0.1) is 29.4 Å². The zero-order valence-electron chi connectivity index (χ0n) is 18.8. The van der Waals surface area contributed by atoms with Gasteiger partial charge in [-0.05, 0) is 30.2 Å². The molecule has 0 bridgehead atoms. The van der Waals surface area contributed by atoms with Gasteiger partial charge in [0.15, 0.2) is 5.16 Å². The van der Waals surface area contributed by atoms with Crippen LogP contribution in [0.4, 0.5) is 0 Å². The van der Waals surface area contributed by atoms with Crippen LogP contribution in [0.2, 0.25) is 0 Å². The molecule has 4 rings (SSSR count). The number of benzene rings is 1. The number of nitrogens with zero attached hydrogens (tertiary/aromatic N) is 4. The van der Waals surface area contributed by atoms with Crippen LogP contribution in [0.3, 0.4) is 0 Å². The first kappa shape index (κ1) is 23.4. The summed E-state index contributed by atoms with van der Waals surface area (Å²) in [7, 11) is 0. The topological polar surface area (TPSA) is 89.4 Å². The second-order valence-electron chi connectivity index (χ2n) is 7.92. The van der Waals surface area contributed by atoms with E-state index in [9.17, 15) is 9.59 Å². The van der Waals surface area contributed by atoms with Gasteiger partial charge in [-0.2, -0.15) is 0 Å². The van der Waals surface area contributed by atoms with Crippen molar-refractivity contribution in [2.24, 2.45) is 0 Å². The van der Waals surface area contributed by atoms with Gasteiger partial charge in [0.1, 0.15) is 0 Å². The summed E-state index contributed by atoms with van der Waals surface area (Å²) in [5.74, 6) is -0.0755. The van der Waals surface area contributed by atoms with Crippen molar-refractivity contribution in [1.82, 2.24) is 24.8 Å². The fourth-order valence-corrected chi connectivity index (χ4v) is 4.82. The summed E-state index contributed by atoms with van der Waals surface area (Å²) < 4.78 is 7.15. The Kier molecular flexibility index (Phi) is 8.09. The number of carbonyl (C=O) groups is 1. The van der Waals surface area contributed by atoms with Gasteiger partial charge in [0, 0.05) is 45.1 Å². The fraction of sp³-hybridized carbons (Fsp3) is 0.417. The molecule has 3 aromatic rings. The highest BCUT2D eigenvalue weighted by Crippen LogP contribution is 2.25. The minimum atomic E-state index is -0.357. The number of fused-ring (bicyclic) bond motifs is 1. The van der Waals surface area contributed by atoms with E-state index in [0.717, 1.165) is 25.2 Å². The van der Waals surface area contributed by atoms with Crippen molar-refractivity contribution in [3.63, 3.8) is 0 Å². The Morgan fingerprint density at radius 2 is 2.00 bits per heavy atom. The largest absolute Gasteiger partial charge is 0.379 e. The van der Waals surface area contributed by atoms with Gasteiger partial charge in [-0.1, -0.05) is 36.9 Å². The van der Waals surface area contributed by atoms with E-state index >= 15 is 0 Å². The molecule has 9 heteroatoms. The minimum Gasteiger partial charge on any atom is -0.379 e. The molecule has 1 aliphatic rings. The third-order valence-corrected chi connectivity index (χ3v) is 7.02. The third-order valence-electron chi connectivity index (χ3n) is 5.67. The van der Waals surface area contributed by atoms with Gasteiger partial charge in [0.25, 0.3) is 5.56 Å². The van der Waals surface area contributed by atoms with Crippen LogP contribution in [-0.2, 0) is 22.6 Å². The molecule has 8 nitrogen and oxygen atoms in total. The number of nitrogens with one attached hydrogen (secondary N) is 1. The summed E-state index contributed by atoms with van der Waals surface area (Å²) in [4.78, 5) is 37.4. The number of morpholine rings is 1. The Labute approximate surface area is 197 Å². The molecule has 1 aliphatic heterocycles. The summed E-state index contributed by atoms with van der Waals surface area (Å²) in [6.45, 7) is 6.77. The van der Waals surface area contributed by atoms with Crippen LogP contribution in [0.5, 0.6) is 0 Å². The second kappa shape index (κ2) is 11.4. The maximum Gasteiger partial charge on any atom is 0.262 e. The van der Waals surface area contributed by atoms with Gasteiger partial charge >= 0.3 is 0 Å². The summed E-state index contributed by atoms with van der Waals surface area (Å²) in [6.07, 6.45) is 4.07. The number of ether oxygens (including phenoxy) is 1. The Bertz CT molecular complexity index is 1130. The first-order chi connectivity index (χ1) is 16.2. The van der Waals surface area contributed by atoms with Gasteiger partial charge in [-0.3, -0.25) is 24.0 Å². The molecule has 33 heavy (non-hydrogen) atoms. The average Bonchev–Trinajstić information content (AvgIpc) is 2.86. The molecule has 1 fully saturated rings. The Hall–Kier alpha value is -2.75. The van der Waals surface area contributed by atoms with Crippen LogP contribution in [0.25, 0.3) is 10.9 Å². The van der Waals surface area contributed by atoms with Crippen molar-refractivity contribution in [3.05, 3.63) is 64.7 Å². The zero-order valence-corrected chi connectivity index (χ0v) is 19.6. The molecule has 3 heterocycles. The molecule has 174 valence electrons. The molecular weight excluding hydrogens is 438 g/mol. The van der Waals surface area contributed by atoms with Crippen LogP contribution in [0, 0.1) is 0 Å². The number of amides is 1. The van der Waals surface area contributed by atoms with Gasteiger partial charge in [0.2, 0.25) is 5.91 Å². The SMILES string of the molecule is CC[C@H](Sc1nc2ccccc2c(=O)n1CCN1CCOCC1)C(=O)NCc1cccnc1. The zero-order chi connectivity index (χ0) is 23.0. The van der Waals surface area contributed by atoms with E-state index in [-0.39, 0.29) is 16.7 Å². The van der Waals surface area contributed by atoms with E-state index in [1.165, 1.54) is 11.8 Å². The Morgan fingerprint density at radius 3 is 2.76 bits per heavy atom. The van der Waals surface area contributed by atoms with E-state index < -0.39 is 0 Å². The van der Waals surface area contributed by atoms with Crippen LogP contribution in [0.1, 0.15) is 18.9 Å². The van der Waals surface area contributed by atoms with E-state index in [4.69, 9.17) is 9.72 Å². The molecule has 0 unspecified atom stereocenters. The lowest BCUT2D eigenvalue weighted by molar-refractivity contribution is -0.120. The number of hydrogen-bond donors (Lipinski definition) is 1. The van der Waals surface area contributed by atoms with E-state index in [1.807, 2.05) is 43.3 Å².